The monoisotopic (exact) mass is 338 g/mol. The van der Waals surface area contributed by atoms with Crippen molar-refractivity contribution in [1.82, 2.24) is 9.71 Å². The number of hydrogen-bond donors (Lipinski definition) is 3. The quantitative estimate of drug-likeness (QED) is 0.737. The molecule has 3 N–H and O–H groups in total. The Hall–Kier alpha value is -2.19. The molecule has 0 radical (unpaired) electrons. The van der Waals surface area contributed by atoms with Crippen molar-refractivity contribution in [1.29, 1.82) is 0 Å². The topological polar surface area (TPSA) is 116 Å². The molecule has 0 aliphatic heterocycles. The van der Waals surface area contributed by atoms with E-state index in [-0.39, 0.29) is 23.3 Å². The fourth-order valence-corrected chi connectivity index (χ4v) is 3.67. The zero-order valence-corrected chi connectivity index (χ0v) is 13.6. The van der Waals surface area contributed by atoms with E-state index < -0.39 is 21.5 Å². The van der Waals surface area contributed by atoms with Crippen LogP contribution in [-0.2, 0) is 14.8 Å². The Kier molecular flexibility index (Phi) is 4.58. The first-order valence-electron chi connectivity index (χ1n) is 6.98. The van der Waals surface area contributed by atoms with Gasteiger partial charge in [0.05, 0.1) is 4.90 Å². The molecule has 1 heterocycles. The first-order valence-corrected chi connectivity index (χ1v) is 8.46. The number of sulfonamides is 1. The lowest BCUT2D eigenvalue weighted by Crippen LogP contribution is -2.43. The van der Waals surface area contributed by atoms with Crippen LogP contribution >= 0.6 is 0 Å². The van der Waals surface area contributed by atoms with E-state index in [1.54, 1.807) is 19.9 Å². The van der Waals surface area contributed by atoms with E-state index in [1.165, 1.54) is 24.3 Å². The number of hydrogen-bond acceptors (Lipinski definition) is 4. The second-order valence-electron chi connectivity index (χ2n) is 5.95. The summed E-state index contributed by atoms with van der Waals surface area (Å²) in [4.78, 5) is 24.6. The van der Waals surface area contributed by atoms with Gasteiger partial charge in [0.2, 0.25) is 15.6 Å². The largest absolute Gasteiger partial charge is 0.481 e. The Bertz CT molecular complexity index is 899. The van der Waals surface area contributed by atoms with Crippen molar-refractivity contribution in [2.75, 3.05) is 0 Å². The van der Waals surface area contributed by atoms with Crippen molar-refractivity contribution in [3.8, 4) is 0 Å². The van der Waals surface area contributed by atoms with Crippen LogP contribution in [-0.4, -0.2) is 30.0 Å². The molecule has 23 heavy (non-hydrogen) atoms. The molecule has 2 rings (SSSR count). The predicted molar refractivity (Wildman–Crippen MR) is 85.8 cm³/mol. The van der Waals surface area contributed by atoms with Gasteiger partial charge in [-0.25, -0.2) is 13.1 Å². The second-order valence-corrected chi connectivity index (χ2v) is 7.64. The van der Waals surface area contributed by atoms with E-state index in [9.17, 15) is 18.0 Å². The number of aromatic amines is 1. The van der Waals surface area contributed by atoms with Crippen molar-refractivity contribution in [3.05, 3.63) is 40.7 Å². The Morgan fingerprint density at radius 2 is 1.96 bits per heavy atom. The minimum atomic E-state index is -3.80. The van der Waals surface area contributed by atoms with Gasteiger partial charge in [-0.2, -0.15) is 0 Å². The highest BCUT2D eigenvalue weighted by Gasteiger charge is 2.27. The fraction of sp³-hybridized carbons (Fsp3) is 0.333. The van der Waals surface area contributed by atoms with Gasteiger partial charge in [-0.15, -0.1) is 0 Å². The van der Waals surface area contributed by atoms with E-state index >= 15 is 0 Å². The molecule has 1 aromatic carbocycles. The molecule has 0 spiro atoms. The molecule has 0 aliphatic rings. The van der Waals surface area contributed by atoms with E-state index in [0.717, 1.165) is 0 Å². The zero-order chi connectivity index (χ0) is 17.3. The van der Waals surface area contributed by atoms with Gasteiger partial charge in [-0.05, 0) is 49.9 Å². The van der Waals surface area contributed by atoms with Gasteiger partial charge in [-0.1, -0.05) is 0 Å². The van der Waals surface area contributed by atoms with E-state index in [0.29, 0.717) is 10.9 Å². The maximum absolute atomic E-state index is 12.5. The summed E-state index contributed by atoms with van der Waals surface area (Å²) in [7, 11) is -3.80. The van der Waals surface area contributed by atoms with Gasteiger partial charge in [0, 0.05) is 23.5 Å². The first kappa shape index (κ1) is 17.2. The van der Waals surface area contributed by atoms with Gasteiger partial charge >= 0.3 is 5.97 Å². The number of fused-ring (bicyclic) bond motifs is 1. The molecule has 0 aliphatic carbocycles. The average molecular weight is 338 g/mol. The van der Waals surface area contributed by atoms with Crippen LogP contribution in [0.3, 0.4) is 0 Å². The normalized spacial score (nSPS) is 12.4. The summed E-state index contributed by atoms with van der Waals surface area (Å²) in [6, 6.07) is 7.25. The highest BCUT2D eigenvalue weighted by Crippen LogP contribution is 2.20. The third-order valence-electron chi connectivity index (χ3n) is 3.38. The van der Waals surface area contributed by atoms with Crippen LogP contribution in [0.4, 0.5) is 0 Å². The van der Waals surface area contributed by atoms with Crippen molar-refractivity contribution in [3.63, 3.8) is 0 Å². The Balaban J connectivity index is 2.30. The summed E-state index contributed by atoms with van der Waals surface area (Å²) in [5.41, 5.74) is -0.611. The third kappa shape index (κ3) is 4.40. The molecule has 2 aromatic rings. The number of H-pyrrole nitrogens is 1. The number of benzene rings is 1. The highest BCUT2D eigenvalue weighted by atomic mass is 32.2. The van der Waals surface area contributed by atoms with Crippen LogP contribution in [0.1, 0.15) is 26.7 Å². The minimum absolute atomic E-state index is 0.0560. The van der Waals surface area contributed by atoms with Crippen molar-refractivity contribution in [2.24, 2.45) is 0 Å². The number of carboxylic acids is 1. The van der Waals surface area contributed by atoms with Crippen molar-refractivity contribution < 1.29 is 18.3 Å². The van der Waals surface area contributed by atoms with Crippen LogP contribution in [0.5, 0.6) is 0 Å². The summed E-state index contributed by atoms with van der Waals surface area (Å²) >= 11 is 0. The number of carboxylic acid groups (broad SMARTS) is 1. The summed E-state index contributed by atoms with van der Waals surface area (Å²) < 4.78 is 27.5. The Labute approximate surface area is 133 Å². The van der Waals surface area contributed by atoms with Crippen LogP contribution in [0.15, 0.2) is 40.0 Å². The summed E-state index contributed by atoms with van der Waals surface area (Å²) in [5, 5.41) is 9.32. The summed E-state index contributed by atoms with van der Waals surface area (Å²) in [6.45, 7) is 3.26. The molecule has 0 amide bonds. The Morgan fingerprint density at radius 1 is 1.26 bits per heavy atom. The van der Waals surface area contributed by atoms with E-state index in [4.69, 9.17) is 5.11 Å². The summed E-state index contributed by atoms with van der Waals surface area (Å²) in [5.74, 6) is -0.980. The first-order chi connectivity index (χ1) is 10.6. The third-order valence-corrected chi connectivity index (χ3v) is 5.08. The van der Waals surface area contributed by atoms with Gasteiger partial charge in [0.15, 0.2) is 0 Å². The molecular formula is C15H18N2O5S. The van der Waals surface area contributed by atoms with Gasteiger partial charge in [0.25, 0.3) is 0 Å². The second kappa shape index (κ2) is 6.13. The molecule has 8 heteroatoms. The molecule has 1 aromatic heterocycles. The van der Waals surface area contributed by atoms with Crippen LogP contribution in [0, 0.1) is 0 Å². The number of rotatable bonds is 6. The van der Waals surface area contributed by atoms with Crippen LogP contribution < -0.4 is 10.3 Å². The lowest BCUT2D eigenvalue weighted by Gasteiger charge is -2.25. The predicted octanol–water partition coefficient (Wildman–Crippen LogP) is 1.45. The standard InChI is InChI=1S/C15H18N2O5S/c1-15(2,8-7-14(19)20)17-23(21,22)11-4-5-12-10(9-11)3-6-13(18)16-12/h3-6,9,17H,7-8H2,1-2H3,(H,16,18)(H,19,20). The molecule has 7 nitrogen and oxygen atoms in total. The smallest absolute Gasteiger partial charge is 0.303 e. The Morgan fingerprint density at radius 3 is 2.61 bits per heavy atom. The summed E-state index contributed by atoms with van der Waals surface area (Å²) in [6.07, 6.45) is 0.0386. The molecule has 0 unspecified atom stereocenters. The molecule has 0 saturated heterocycles. The minimum Gasteiger partial charge on any atom is -0.481 e. The number of carbonyl (C=O) groups is 1. The number of aliphatic carboxylic acids is 1. The van der Waals surface area contributed by atoms with Crippen molar-refractivity contribution >= 4 is 26.9 Å². The average Bonchev–Trinajstić information content (AvgIpc) is 2.43. The van der Waals surface area contributed by atoms with Gasteiger partial charge in [0.1, 0.15) is 0 Å². The van der Waals surface area contributed by atoms with Gasteiger partial charge < -0.3 is 10.1 Å². The number of aromatic nitrogens is 1. The molecular weight excluding hydrogens is 320 g/mol. The number of nitrogens with one attached hydrogen (secondary N) is 2. The molecule has 124 valence electrons. The highest BCUT2D eigenvalue weighted by molar-refractivity contribution is 7.89. The van der Waals surface area contributed by atoms with E-state index in [1.807, 2.05) is 0 Å². The number of pyridine rings is 1. The fourth-order valence-electron chi connectivity index (χ4n) is 2.19. The molecule has 0 fully saturated rings. The maximum Gasteiger partial charge on any atom is 0.303 e. The van der Waals surface area contributed by atoms with Crippen molar-refractivity contribution in [2.45, 2.75) is 37.1 Å². The molecule has 0 saturated carbocycles. The molecule has 0 atom stereocenters. The van der Waals surface area contributed by atoms with Gasteiger partial charge in [-0.3, -0.25) is 9.59 Å². The lowest BCUT2D eigenvalue weighted by molar-refractivity contribution is -0.137. The van der Waals surface area contributed by atoms with E-state index in [2.05, 4.69) is 9.71 Å². The van der Waals surface area contributed by atoms with Crippen LogP contribution in [0.2, 0.25) is 0 Å². The van der Waals surface area contributed by atoms with Crippen LogP contribution in [0.25, 0.3) is 10.9 Å². The maximum atomic E-state index is 12.5. The molecule has 0 bridgehead atoms. The zero-order valence-electron chi connectivity index (χ0n) is 12.8. The lowest BCUT2D eigenvalue weighted by atomic mass is 10.0. The SMILES string of the molecule is CC(C)(CCC(=O)O)NS(=O)(=O)c1ccc2[nH]c(=O)ccc2c1.